The van der Waals surface area contributed by atoms with E-state index in [0.29, 0.717) is 6.54 Å². The fraction of sp³-hybridized carbons (Fsp3) is 0.353. The van der Waals surface area contributed by atoms with E-state index in [1.807, 2.05) is 30.5 Å². The topological polar surface area (TPSA) is 42.1 Å². The van der Waals surface area contributed by atoms with Crippen molar-refractivity contribution in [2.24, 2.45) is 5.73 Å². The Labute approximate surface area is 131 Å². The zero-order chi connectivity index (χ0) is 15.2. The molecule has 0 saturated heterocycles. The maximum absolute atomic E-state index is 6.03. The highest BCUT2D eigenvalue weighted by Gasteiger charge is 2.17. The molecule has 0 bridgehead atoms. The number of nitrogens with two attached hydrogens (primary N) is 1. The van der Waals surface area contributed by atoms with Crippen LogP contribution in [-0.4, -0.2) is 30.0 Å². The Morgan fingerprint density at radius 1 is 1.29 bits per heavy atom. The molecule has 0 spiro atoms. The number of benzene rings is 1. The fourth-order valence-electron chi connectivity index (χ4n) is 2.55. The molecule has 3 nitrogen and oxygen atoms in total. The van der Waals surface area contributed by atoms with Crippen LogP contribution in [0.1, 0.15) is 22.9 Å². The Balaban J connectivity index is 2.06. The monoisotopic (exact) mass is 303 g/mol. The lowest BCUT2D eigenvalue weighted by Crippen LogP contribution is -2.32. The molecule has 21 heavy (non-hydrogen) atoms. The largest absolute Gasteiger partial charge is 0.329 e. The van der Waals surface area contributed by atoms with Crippen molar-refractivity contribution >= 4 is 11.6 Å². The SMILES string of the molecule is Cc1cc(Cl)ccc1C(CN)N(C)CCc1ccccn1. The number of aromatic nitrogens is 1. The fourth-order valence-corrected chi connectivity index (χ4v) is 2.78. The van der Waals surface area contributed by atoms with E-state index < -0.39 is 0 Å². The molecule has 0 radical (unpaired) electrons. The Bertz CT molecular complexity index is 572. The van der Waals surface area contributed by atoms with E-state index in [2.05, 4.69) is 36.0 Å². The van der Waals surface area contributed by atoms with Gasteiger partial charge < -0.3 is 5.73 Å². The first-order valence-corrected chi connectivity index (χ1v) is 7.56. The summed E-state index contributed by atoms with van der Waals surface area (Å²) in [4.78, 5) is 6.65. The van der Waals surface area contributed by atoms with Gasteiger partial charge in [-0.25, -0.2) is 0 Å². The summed E-state index contributed by atoms with van der Waals surface area (Å²) in [5.41, 5.74) is 9.52. The molecule has 1 unspecified atom stereocenters. The molecule has 1 atom stereocenters. The molecular weight excluding hydrogens is 282 g/mol. The molecule has 0 aliphatic rings. The van der Waals surface area contributed by atoms with Crippen LogP contribution < -0.4 is 5.73 Å². The van der Waals surface area contributed by atoms with Crippen LogP contribution in [0.25, 0.3) is 0 Å². The Hall–Kier alpha value is -1.42. The van der Waals surface area contributed by atoms with E-state index in [0.717, 1.165) is 23.7 Å². The zero-order valence-electron chi connectivity index (χ0n) is 12.6. The van der Waals surface area contributed by atoms with Crippen LogP contribution in [0.3, 0.4) is 0 Å². The lowest BCUT2D eigenvalue weighted by Gasteiger charge is -2.28. The second-order valence-corrected chi connectivity index (χ2v) is 5.74. The minimum absolute atomic E-state index is 0.200. The van der Waals surface area contributed by atoms with Gasteiger partial charge in [-0.1, -0.05) is 23.7 Å². The number of likely N-dealkylation sites (N-methyl/N-ethyl adjacent to an activating group) is 1. The molecule has 1 aromatic heterocycles. The summed E-state index contributed by atoms with van der Waals surface area (Å²) in [5.74, 6) is 0. The molecule has 0 aliphatic carbocycles. The Morgan fingerprint density at radius 3 is 2.71 bits per heavy atom. The number of nitrogens with zero attached hydrogens (tertiary/aromatic N) is 2. The third kappa shape index (κ3) is 4.27. The number of pyridine rings is 1. The van der Waals surface area contributed by atoms with Crippen molar-refractivity contribution in [2.75, 3.05) is 20.1 Å². The highest BCUT2D eigenvalue weighted by molar-refractivity contribution is 6.30. The summed E-state index contributed by atoms with van der Waals surface area (Å²) < 4.78 is 0. The molecule has 0 fully saturated rings. The maximum atomic E-state index is 6.03. The van der Waals surface area contributed by atoms with Crippen LogP contribution in [-0.2, 0) is 6.42 Å². The average molecular weight is 304 g/mol. The van der Waals surface area contributed by atoms with Crippen molar-refractivity contribution in [1.82, 2.24) is 9.88 Å². The van der Waals surface area contributed by atoms with Gasteiger partial charge in [0.05, 0.1) is 0 Å². The van der Waals surface area contributed by atoms with Crippen LogP contribution in [0.4, 0.5) is 0 Å². The summed E-state index contributed by atoms with van der Waals surface area (Å²) in [7, 11) is 2.11. The predicted molar refractivity (Wildman–Crippen MR) is 88.6 cm³/mol. The average Bonchev–Trinajstić information content (AvgIpc) is 2.49. The van der Waals surface area contributed by atoms with Gasteiger partial charge in [0.1, 0.15) is 0 Å². The number of halogens is 1. The molecule has 112 valence electrons. The van der Waals surface area contributed by atoms with E-state index >= 15 is 0 Å². The van der Waals surface area contributed by atoms with Crippen LogP contribution >= 0.6 is 11.6 Å². The number of rotatable bonds is 6. The number of hydrogen-bond acceptors (Lipinski definition) is 3. The van der Waals surface area contributed by atoms with Gasteiger partial charge in [-0.05, 0) is 49.4 Å². The lowest BCUT2D eigenvalue weighted by atomic mass is 10.00. The van der Waals surface area contributed by atoms with Crippen molar-refractivity contribution in [1.29, 1.82) is 0 Å². The minimum Gasteiger partial charge on any atom is -0.329 e. The zero-order valence-corrected chi connectivity index (χ0v) is 13.3. The molecule has 4 heteroatoms. The second kappa shape index (κ2) is 7.55. The third-order valence-corrected chi connectivity index (χ3v) is 4.03. The van der Waals surface area contributed by atoms with Gasteiger partial charge in [0.25, 0.3) is 0 Å². The van der Waals surface area contributed by atoms with Gasteiger partial charge in [-0.3, -0.25) is 9.88 Å². The van der Waals surface area contributed by atoms with Crippen LogP contribution in [0.5, 0.6) is 0 Å². The second-order valence-electron chi connectivity index (χ2n) is 5.30. The molecule has 2 rings (SSSR count). The molecule has 1 aromatic carbocycles. The van der Waals surface area contributed by atoms with E-state index in [1.165, 1.54) is 11.1 Å². The summed E-state index contributed by atoms with van der Waals surface area (Å²) >= 11 is 6.03. The molecule has 0 amide bonds. The van der Waals surface area contributed by atoms with Crippen molar-refractivity contribution in [3.05, 3.63) is 64.4 Å². The van der Waals surface area contributed by atoms with Crippen molar-refractivity contribution < 1.29 is 0 Å². The van der Waals surface area contributed by atoms with E-state index in [-0.39, 0.29) is 6.04 Å². The quantitative estimate of drug-likeness (QED) is 0.891. The number of aryl methyl sites for hydroxylation is 1. The minimum atomic E-state index is 0.200. The Morgan fingerprint density at radius 2 is 2.10 bits per heavy atom. The summed E-state index contributed by atoms with van der Waals surface area (Å²) in [6, 6.07) is 12.2. The summed E-state index contributed by atoms with van der Waals surface area (Å²) in [6.07, 6.45) is 2.75. The van der Waals surface area contributed by atoms with E-state index in [1.54, 1.807) is 0 Å². The first kappa shape index (κ1) is 16.0. The van der Waals surface area contributed by atoms with Crippen molar-refractivity contribution in [2.45, 2.75) is 19.4 Å². The van der Waals surface area contributed by atoms with Gasteiger partial charge in [-0.15, -0.1) is 0 Å². The normalized spacial score (nSPS) is 12.6. The van der Waals surface area contributed by atoms with Crippen LogP contribution in [0.2, 0.25) is 5.02 Å². The molecule has 0 saturated carbocycles. The lowest BCUT2D eigenvalue weighted by molar-refractivity contribution is 0.252. The highest BCUT2D eigenvalue weighted by atomic mass is 35.5. The Kier molecular flexibility index (Phi) is 5.74. The third-order valence-electron chi connectivity index (χ3n) is 3.79. The van der Waals surface area contributed by atoms with Gasteiger partial charge in [0.15, 0.2) is 0 Å². The molecule has 2 aromatic rings. The highest BCUT2D eigenvalue weighted by Crippen LogP contribution is 2.24. The molecule has 2 N–H and O–H groups in total. The summed E-state index contributed by atoms with van der Waals surface area (Å²) in [5, 5.41) is 0.767. The summed E-state index contributed by atoms with van der Waals surface area (Å²) in [6.45, 7) is 3.58. The smallest absolute Gasteiger partial charge is 0.0470 e. The standard InChI is InChI=1S/C17H22ClN3/c1-13-11-14(18)6-7-16(13)17(12-19)21(2)10-8-15-5-3-4-9-20-15/h3-7,9,11,17H,8,10,12,19H2,1-2H3. The van der Waals surface area contributed by atoms with Gasteiger partial charge in [0.2, 0.25) is 0 Å². The van der Waals surface area contributed by atoms with E-state index in [4.69, 9.17) is 17.3 Å². The van der Waals surface area contributed by atoms with Gasteiger partial charge >= 0.3 is 0 Å². The van der Waals surface area contributed by atoms with Gasteiger partial charge in [0, 0.05) is 42.5 Å². The van der Waals surface area contributed by atoms with Crippen molar-refractivity contribution in [3.8, 4) is 0 Å². The maximum Gasteiger partial charge on any atom is 0.0470 e. The van der Waals surface area contributed by atoms with Crippen LogP contribution in [0, 0.1) is 6.92 Å². The molecule has 1 heterocycles. The first-order valence-electron chi connectivity index (χ1n) is 7.18. The molecule has 0 aliphatic heterocycles. The molecular formula is C17H22ClN3. The van der Waals surface area contributed by atoms with Gasteiger partial charge in [-0.2, -0.15) is 0 Å². The van der Waals surface area contributed by atoms with Crippen molar-refractivity contribution in [3.63, 3.8) is 0 Å². The van der Waals surface area contributed by atoms with Crippen LogP contribution in [0.15, 0.2) is 42.6 Å². The first-order chi connectivity index (χ1) is 10.1. The van der Waals surface area contributed by atoms with E-state index in [9.17, 15) is 0 Å². The predicted octanol–water partition coefficient (Wildman–Crippen LogP) is 3.22. The number of hydrogen-bond donors (Lipinski definition) is 1.